The second-order valence-corrected chi connectivity index (χ2v) is 8.73. The molecule has 1 aliphatic heterocycles. The molecule has 0 bridgehead atoms. The molecule has 0 saturated carbocycles. The number of hydrogen-bond acceptors (Lipinski definition) is 4. The van der Waals surface area contributed by atoms with Crippen LogP contribution in [0, 0.1) is 5.82 Å². The average molecular weight is 452 g/mol. The highest BCUT2D eigenvalue weighted by molar-refractivity contribution is 5.75. The first-order chi connectivity index (χ1) is 15.8. The summed E-state index contributed by atoms with van der Waals surface area (Å²) in [6.07, 6.45) is -3.72. The predicted molar refractivity (Wildman–Crippen MR) is 123 cm³/mol. The van der Waals surface area contributed by atoms with Crippen molar-refractivity contribution in [3.63, 3.8) is 0 Å². The second kappa shape index (κ2) is 9.79. The molecule has 0 aliphatic carbocycles. The molecular weight excluding hydrogens is 424 g/mol. The average Bonchev–Trinajstić information content (AvgIpc) is 2.81. The van der Waals surface area contributed by atoms with Gasteiger partial charge >= 0.3 is 5.97 Å². The summed E-state index contributed by atoms with van der Waals surface area (Å²) < 4.78 is 33.4. The monoisotopic (exact) mass is 451 g/mol. The molecule has 1 aromatic heterocycles. The van der Waals surface area contributed by atoms with Crippen molar-refractivity contribution in [2.45, 2.75) is 57.4 Å². The van der Waals surface area contributed by atoms with Crippen molar-refractivity contribution < 1.29 is 23.4 Å². The van der Waals surface area contributed by atoms with E-state index < -0.39 is 24.3 Å². The lowest BCUT2D eigenvalue weighted by atomic mass is 9.88. The van der Waals surface area contributed by atoms with Crippen molar-refractivity contribution in [1.29, 1.82) is 0 Å². The number of halogens is 2. The summed E-state index contributed by atoms with van der Waals surface area (Å²) in [6.45, 7) is 4.08. The van der Waals surface area contributed by atoms with Gasteiger partial charge in [-0.1, -0.05) is 56.3 Å². The van der Waals surface area contributed by atoms with Gasteiger partial charge in [-0.2, -0.15) is 0 Å². The van der Waals surface area contributed by atoms with Crippen molar-refractivity contribution in [1.82, 2.24) is 4.98 Å². The number of benzene rings is 2. The molecule has 0 radical (unpaired) electrons. The molecular formula is C27H27F2NO3. The summed E-state index contributed by atoms with van der Waals surface area (Å²) in [4.78, 5) is 16.7. The zero-order valence-electron chi connectivity index (χ0n) is 18.7. The molecule has 1 saturated heterocycles. The molecule has 1 aliphatic rings. The number of hydrogen-bond donors (Lipinski definition) is 1. The van der Waals surface area contributed by atoms with Crippen LogP contribution in [0.4, 0.5) is 8.78 Å². The zero-order valence-corrected chi connectivity index (χ0v) is 18.7. The Morgan fingerprint density at radius 1 is 1.09 bits per heavy atom. The van der Waals surface area contributed by atoms with Gasteiger partial charge in [0.15, 0.2) is 6.17 Å². The van der Waals surface area contributed by atoms with Crippen LogP contribution in [0.1, 0.15) is 43.9 Å². The van der Waals surface area contributed by atoms with Crippen molar-refractivity contribution in [2.75, 3.05) is 0 Å². The Labute approximate surface area is 192 Å². The van der Waals surface area contributed by atoms with E-state index in [1.165, 1.54) is 12.1 Å². The fourth-order valence-electron chi connectivity index (χ4n) is 4.29. The zero-order chi connectivity index (χ0) is 23.5. The van der Waals surface area contributed by atoms with Crippen molar-refractivity contribution in [3.8, 4) is 22.4 Å². The maximum Gasteiger partial charge on any atom is 0.308 e. The number of alkyl halides is 1. The number of rotatable bonds is 6. The van der Waals surface area contributed by atoms with E-state index in [0.717, 1.165) is 33.6 Å². The Morgan fingerprint density at radius 3 is 2.45 bits per heavy atom. The SMILES string of the molecule is CC(C)c1nc(-c2ccccc2)cc(-c2ccc(F)cc2)c1CC[C@H]1OC(=O)C[C@H](O)[C@H]1F. The highest BCUT2D eigenvalue weighted by Crippen LogP contribution is 2.35. The number of esters is 1. The minimum absolute atomic E-state index is 0.0727. The fraction of sp³-hybridized carbons (Fsp3) is 0.333. The Morgan fingerprint density at radius 2 is 1.79 bits per heavy atom. The minimum Gasteiger partial charge on any atom is -0.459 e. The molecule has 2 heterocycles. The quantitative estimate of drug-likeness (QED) is 0.494. The van der Waals surface area contributed by atoms with Gasteiger partial charge in [-0.15, -0.1) is 0 Å². The van der Waals surface area contributed by atoms with E-state index in [0.29, 0.717) is 6.42 Å². The summed E-state index contributed by atoms with van der Waals surface area (Å²) in [6, 6.07) is 18.0. The molecule has 0 spiro atoms. The molecule has 6 heteroatoms. The van der Waals surface area contributed by atoms with E-state index in [4.69, 9.17) is 9.72 Å². The lowest BCUT2D eigenvalue weighted by Crippen LogP contribution is -2.44. The van der Waals surface area contributed by atoms with Crippen molar-refractivity contribution in [2.24, 2.45) is 0 Å². The molecule has 1 N–H and O–H groups in total. The van der Waals surface area contributed by atoms with Crippen LogP contribution in [0.3, 0.4) is 0 Å². The van der Waals surface area contributed by atoms with E-state index in [1.807, 2.05) is 50.2 Å². The lowest BCUT2D eigenvalue weighted by molar-refractivity contribution is -0.170. The van der Waals surface area contributed by atoms with Crippen molar-refractivity contribution in [3.05, 3.63) is 77.7 Å². The molecule has 4 nitrogen and oxygen atoms in total. The van der Waals surface area contributed by atoms with E-state index in [1.54, 1.807) is 12.1 Å². The number of ether oxygens (including phenoxy) is 1. The standard InChI is InChI=1S/C27H27F2NO3/c1-16(2)27-20(12-13-24-26(29)23(31)15-25(32)33-24)21(17-8-10-19(28)11-9-17)14-22(30-27)18-6-4-3-5-7-18/h3-11,14,16,23-24,26,31H,12-13,15H2,1-2H3/t23-,24+,26+/m0/s1. The van der Waals surface area contributed by atoms with Gasteiger partial charge in [-0.05, 0) is 53.6 Å². The number of cyclic esters (lactones) is 1. The first kappa shape index (κ1) is 23.1. The number of aliphatic hydroxyl groups excluding tert-OH is 1. The van der Waals surface area contributed by atoms with Crippen LogP contribution < -0.4 is 0 Å². The topological polar surface area (TPSA) is 59.4 Å². The number of carbonyl (C=O) groups is 1. The molecule has 33 heavy (non-hydrogen) atoms. The van der Waals surface area contributed by atoms with Crippen LogP contribution in [0.5, 0.6) is 0 Å². The maximum atomic E-state index is 14.5. The van der Waals surface area contributed by atoms with Gasteiger partial charge in [0, 0.05) is 11.3 Å². The van der Waals surface area contributed by atoms with Gasteiger partial charge < -0.3 is 9.84 Å². The number of aromatic nitrogens is 1. The van der Waals surface area contributed by atoms with E-state index >= 15 is 0 Å². The van der Waals surface area contributed by atoms with Crippen LogP contribution in [-0.2, 0) is 16.0 Å². The van der Waals surface area contributed by atoms with Gasteiger partial charge in [-0.3, -0.25) is 9.78 Å². The molecule has 2 aromatic carbocycles. The number of nitrogens with zero attached hydrogens (tertiary/aromatic N) is 1. The Hall–Kier alpha value is -3.12. The normalized spacial score (nSPS) is 20.7. The molecule has 172 valence electrons. The Balaban J connectivity index is 1.78. The molecule has 3 atom stereocenters. The summed E-state index contributed by atoms with van der Waals surface area (Å²) in [7, 11) is 0. The molecule has 4 rings (SSSR count). The van der Waals surface area contributed by atoms with Crippen molar-refractivity contribution >= 4 is 5.97 Å². The number of carbonyl (C=O) groups excluding carboxylic acids is 1. The largest absolute Gasteiger partial charge is 0.459 e. The fourth-order valence-corrected chi connectivity index (χ4v) is 4.29. The number of pyridine rings is 1. The third kappa shape index (κ3) is 5.11. The van der Waals surface area contributed by atoms with Crippen LogP contribution in [0.2, 0.25) is 0 Å². The molecule has 1 fully saturated rings. The van der Waals surface area contributed by atoms with Crippen LogP contribution in [0.15, 0.2) is 60.7 Å². The number of aliphatic hydroxyl groups is 1. The van der Waals surface area contributed by atoms with Crippen LogP contribution in [-0.4, -0.2) is 34.4 Å². The van der Waals surface area contributed by atoms with Gasteiger partial charge in [0.25, 0.3) is 0 Å². The maximum absolute atomic E-state index is 14.5. The molecule has 0 amide bonds. The third-order valence-electron chi connectivity index (χ3n) is 5.99. The van der Waals surface area contributed by atoms with Gasteiger partial charge in [0.2, 0.25) is 0 Å². The highest BCUT2D eigenvalue weighted by atomic mass is 19.1. The first-order valence-corrected chi connectivity index (χ1v) is 11.2. The summed E-state index contributed by atoms with van der Waals surface area (Å²) >= 11 is 0. The summed E-state index contributed by atoms with van der Waals surface area (Å²) in [5.74, 6) is -0.851. The predicted octanol–water partition coefficient (Wildman–Crippen LogP) is 5.63. The molecule has 0 unspecified atom stereocenters. The van der Waals surface area contributed by atoms with E-state index in [2.05, 4.69) is 0 Å². The first-order valence-electron chi connectivity index (χ1n) is 11.2. The van der Waals surface area contributed by atoms with Crippen LogP contribution >= 0.6 is 0 Å². The summed E-state index contributed by atoms with van der Waals surface area (Å²) in [5, 5.41) is 9.86. The second-order valence-electron chi connectivity index (χ2n) is 8.73. The van der Waals surface area contributed by atoms with Gasteiger partial charge in [0.05, 0.1) is 18.2 Å². The Kier molecular flexibility index (Phi) is 6.84. The highest BCUT2D eigenvalue weighted by Gasteiger charge is 2.38. The van der Waals surface area contributed by atoms with E-state index in [-0.39, 0.29) is 24.6 Å². The van der Waals surface area contributed by atoms with Crippen LogP contribution in [0.25, 0.3) is 22.4 Å². The smallest absolute Gasteiger partial charge is 0.308 e. The summed E-state index contributed by atoms with van der Waals surface area (Å²) in [5.41, 5.74) is 5.22. The molecule has 3 aromatic rings. The van der Waals surface area contributed by atoms with Gasteiger partial charge in [0.1, 0.15) is 11.9 Å². The van der Waals surface area contributed by atoms with Gasteiger partial charge in [-0.25, -0.2) is 8.78 Å². The van der Waals surface area contributed by atoms with E-state index in [9.17, 15) is 18.7 Å². The lowest BCUT2D eigenvalue weighted by Gasteiger charge is -2.30. The minimum atomic E-state index is -1.63. The Bertz CT molecular complexity index is 1120. The third-order valence-corrected chi connectivity index (χ3v) is 5.99.